The lowest BCUT2D eigenvalue weighted by atomic mass is 10.2. The van der Waals surface area contributed by atoms with Crippen LogP contribution < -0.4 is 5.32 Å². The van der Waals surface area contributed by atoms with Gasteiger partial charge >= 0.3 is 0 Å². The Labute approximate surface area is 104 Å². The van der Waals surface area contributed by atoms with Crippen molar-refractivity contribution in [2.45, 2.75) is 26.3 Å². The predicted molar refractivity (Wildman–Crippen MR) is 64.2 cm³/mol. The minimum absolute atomic E-state index is 0.0590. The zero-order valence-corrected chi connectivity index (χ0v) is 10.3. The summed E-state index contributed by atoms with van der Waals surface area (Å²) in [5.41, 5.74) is 0.848. The molecule has 0 bridgehead atoms. The summed E-state index contributed by atoms with van der Waals surface area (Å²) in [4.78, 5) is 19.9. The first-order valence-electron chi connectivity index (χ1n) is 5.75. The van der Waals surface area contributed by atoms with E-state index in [0.29, 0.717) is 12.2 Å². The smallest absolute Gasteiger partial charge is 0.291 e. The molecule has 7 heteroatoms. The van der Waals surface area contributed by atoms with Gasteiger partial charge in [0.2, 0.25) is 5.82 Å². The van der Waals surface area contributed by atoms with Gasteiger partial charge < -0.3 is 10.4 Å². The summed E-state index contributed by atoms with van der Waals surface area (Å²) in [7, 11) is 0. The number of aliphatic hydroxyl groups excluding tert-OH is 1. The van der Waals surface area contributed by atoms with Gasteiger partial charge in [-0.1, -0.05) is 6.92 Å². The molecule has 0 saturated heterocycles. The first-order chi connectivity index (χ1) is 8.65. The van der Waals surface area contributed by atoms with Gasteiger partial charge in [-0.2, -0.15) is 4.98 Å². The number of nitrogens with one attached hydrogen (secondary N) is 1. The number of fused-ring (bicyclic) bond motifs is 1. The van der Waals surface area contributed by atoms with E-state index in [1.165, 1.54) is 4.52 Å². The van der Waals surface area contributed by atoms with E-state index in [1.807, 2.05) is 13.8 Å². The maximum atomic E-state index is 11.9. The van der Waals surface area contributed by atoms with E-state index >= 15 is 0 Å². The molecule has 1 atom stereocenters. The number of amides is 1. The molecule has 18 heavy (non-hydrogen) atoms. The second-order valence-corrected chi connectivity index (χ2v) is 3.99. The van der Waals surface area contributed by atoms with Gasteiger partial charge in [0, 0.05) is 11.9 Å². The van der Waals surface area contributed by atoms with E-state index in [0.717, 1.165) is 5.69 Å². The van der Waals surface area contributed by atoms with E-state index in [2.05, 4.69) is 20.4 Å². The van der Waals surface area contributed by atoms with Crippen molar-refractivity contribution in [2.24, 2.45) is 0 Å². The average molecular weight is 249 g/mol. The number of hydrogen-bond donors (Lipinski definition) is 2. The van der Waals surface area contributed by atoms with E-state index in [9.17, 15) is 4.79 Å². The zero-order valence-electron chi connectivity index (χ0n) is 10.3. The van der Waals surface area contributed by atoms with Crippen molar-refractivity contribution in [3.05, 3.63) is 23.8 Å². The van der Waals surface area contributed by atoms with Crippen LogP contribution in [0.5, 0.6) is 0 Å². The summed E-state index contributed by atoms with van der Waals surface area (Å²) < 4.78 is 1.51. The van der Waals surface area contributed by atoms with Gasteiger partial charge in [-0.3, -0.25) is 4.79 Å². The Kier molecular flexibility index (Phi) is 3.52. The summed E-state index contributed by atoms with van der Waals surface area (Å²) in [6.45, 7) is 3.63. The van der Waals surface area contributed by atoms with E-state index < -0.39 is 5.91 Å². The van der Waals surface area contributed by atoms with Crippen LogP contribution in [0, 0.1) is 6.92 Å². The zero-order chi connectivity index (χ0) is 13.1. The average Bonchev–Trinajstić information content (AvgIpc) is 2.81. The van der Waals surface area contributed by atoms with Crippen molar-refractivity contribution in [3.8, 4) is 0 Å². The van der Waals surface area contributed by atoms with Crippen LogP contribution in [0.25, 0.3) is 5.78 Å². The maximum absolute atomic E-state index is 11.9. The van der Waals surface area contributed by atoms with E-state index in [1.54, 1.807) is 12.3 Å². The van der Waals surface area contributed by atoms with Crippen LogP contribution in [0.15, 0.2) is 12.3 Å². The van der Waals surface area contributed by atoms with E-state index in [4.69, 9.17) is 5.11 Å². The summed E-state index contributed by atoms with van der Waals surface area (Å²) in [5, 5.41) is 15.8. The molecule has 0 saturated carbocycles. The minimum Gasteiger partial charge on any atom is -0.394 e. The number of hydrogen-bond acceptors (Lipinski definition) is 5. The molecule has 0 aliphatic heterocycles. The fraction of sp³-hybridized carbons (Fsp3) is 0.455. The van der Waals surface area contributed by atoms with Crippen molar-refractivity contribution in [2.75, 3.05) is 6.61 Å². The third kappa shape index (κ3) is 2.30. The first-order valence-corrected chi connectivity index (χ1v) is 5.75. The molecule has 96 valence electrons. The highest BCUT2D eigenvalue weighted by molar-refractivity contribution is 5.91. The highest BCUT2D eigenvalue weighted by atomic mass is 16.3. The van der Waals surface area contributed by atoms with Gasteiger partial charge in [-0.05, 0) is 19.4 Å². The highest BCUT2D eigenvalue weighted by Crippen LogP contribution is 2.02. The fourth-order valence-electron chi connectivity index (χ4n) is 1.53. The molecule has 1 unspecified atom stereocenters. The maximum Gasteiger partial charge on any atom is 0.291 e. The third-order valence-corrected chi connectivity index (χ3v) is 2.68. The van der Waals surface area contributed by atoms with Gasteiger partial charge in [0.15, 0.2) is 0 Å². The third-order valence-electron chi connectivity index (χ3n) is 2.68. The van der Waals surface area contributed by atoms with Crippen LogP contribution >= 0.6 is 0 Å². The summed E-state index contributed by atoms with van der Waals surface area (Å²) in [6, 6.07) is 1.50. The van der Waals surface area contributed by atoms with Crippen molar-refractivity contribution in [1.82, 2.24) is 24.9 Å². The van der Waals surface area contributed by atoms with Gasteiger partial charge in [0.25, 0.3) is 11.7 Å². The predicted octanol–water partition coefficient (Wildman–Crippen LogP) is -0.0666. The first kappa shape index (κ1) is 12.4. The Bertz CT molecular complexity index is 562. The molecule has 2 aromatic heterocycles. The Hall–Kier alpha value is -2.02. The number of carbonyl (C=O) groups is 1. The van der Waals surface area contributed by atoms with Crippen molar-refractivity contribution in [3.63, 3.8) is 0 Å². The molecule has 0 aromatic carbocycles. The number of aliphatic hydroxyl groups is 1. The molecule has 7 nitrogen and oxygen atoms in total. The molecule has 2 heterocycles. The Morgan fingerprint density at radius 3 is 3.00 bits per heavy atom. The molecule has 1 amide bonds. The van der Waals surface area contributed by atoms with Crippen LogP contribution in [0.3, 0.4) is 0 Å². The molecule has 2 aromatic rings. The van der Waals surface area contributed by atoms with Crippen LogP contribution in [-0.2, 0) is 0 Å². The Morgan fingerprint density at radius 1 is 1.61 bits per heavy atom. The summed E-state index contributed by atoms with van der Waals surface area (Å²) in [6.07, 6.45) is 2.26. The highest BCUT2D eigenvalue weighted by Gasteiger charge is 2.17. The molecule has 2 N–H and O–H groups in total. The lowest BCUT2D eigenvalue weighted by Gasteiger charge is -2.11. The van der Waals surface area contributed by atoms with Crippen LogP contribution in [0.2, 0.25) is 0 Å². The van der Waals surface area contributed by atoms with Crippen LogP contribution in [0.1, 0.15) is 29.7 Å². The van der Waals surface area contributed by atoms with Crippen molar-refractivity contribution in [1.29, 1.82) is 0 Å². The Morgan fingerprint density at radius 2 is 2.39 bits per heavy atom. The number of aromatic nitrogens is 4. The number of carbonyl (C=O) groups excluding carboxylic acids is 1. The SMILES string of the molecule is CCC(CO)NC(=O)c1nc2nccc(C)n2n1. The van der Waals surface area contributed by atoms with Crippen LogP contribution in [-0.4, -0.2) is 43.2 Å². The standard InChI is InChI=1S/C11H15N5O2/c1-3-8(6-17)13-10(18)9-14-11-12-5-4-7(2)16(11)15-9/h4-5,8,17H,3,6H2,1-2H3,(H,13,18). The van der Waals surface area contributed by atoms with Gasteiger partial charge in [0.05, 0.1) is 12.6 Å². The minimum atomic E-state index is -0.402. The van der Waals surface area contributed by atoms with Crippen molar-refractivity contribution >= 4 is 11.7 Å². The molecular weight excluding hydrogens is 234 g/mol. The summed E-state index contributed by atoms with van der Waals surface area (Å²) >= 11 is 0. The molecule has 0 fully saturated rings. The van der Waals surface area contributed by atoms with Gasteiger partial charge in [-0.15, -0.1) is 5.10 Å². The number of nitrogens with zero attached hydrogens (tertiary/aromatic N) is 4. The molecular formula is C11H15N5O2. The molecule has 0 radical (unpaired) electrons. The molecule has 0 aliphatic rings. The topological polar surface area (TPSA) is 92.4 Å². The number of aryl methyl sites for hydroxylation is 1. The van der Waals surface area contributed by atoms with E-state index in [-0.39, 0.29) is 18.5 Å². The monoisotopic (exact) mass is 249 g/mol. The second-order valence-electron chi connectivity index (χ2n) is 3.99. The lowest BCUT2D eigenvalue weighted by molar-refractivity contribution is 0.0904. The molecule has 0 aliphatic carbocycles. The van der Waals surface area contributed by atoms with Gasteiger partial charge in [0.1, 0.15) is 0 Å². The molecule has 2 rings (SSSR count). The second kappa shape index (κ2) is 5.09. The van der Waals surface area contributed by atoms with Crippen molar-refractivity contribution < 1.29 is 9.90 Å². The largest absolute Gasteiger partial charge is 0.394 e. The van der Waals surface area contributed by atoms with Gasteiger partial charge in [-0.25, -0.2) is 9.50 Å². The quantitative estimate of drug-likeness (QED) is 0.791. The Balaban J connectivity index is 2.26. The fourth-order valence-corrected chi connectivity index (χ4v) is 1.53. The lowest BCUT2D eigenvalue weighted by Crippen LogP contribution is -2.37. The van der Waals surface area contributed by atoms with Crippen LogP contribution in [0.4, 0.5) is 0 Å². The normalized spacial score (nSPS) is 12.6. The number of rotatable bonds is 4. The molecule has 0 spiro atoms. The summed E-state index contributed by atoms with van der Waals surface area (Å²) in [5.74, 6) is 0.0432.